The number of rotatable bonds is 3. The van der Waals surface area contributed by atoms with E-state index >= 15 is 0 Å². The molecular formula is C9H11NO2S. The Morgan fingerprint density at radius 2 is 2.31 bits per heavy atom. The Bertz CT molecular complexity index is 314. The number of nitrogens with two attached hydrogens (primary N) is 1. The molecule has 70 valence electrons. The molecule has 3 nitrogen and oxygen atoms in total. The molecule has 0 radical (unpaired) electrons. The molecule has 4 heteroatoms. The van der Waals surface area contributed by atoms with Crippen LogP contribution in [0, 0.1) is 0 Å². The first-order valence-electron chi connectivity index (χ1n) is 3.84. The maximum absolute atomic E-state index is 10.8. The largest absolute Gasteiger partial charge is 0.481 e. The molecule has 0 heterocycles. The SMILES string of the molecule is Nc1cccc([C@@H](CS)C(=O)O)c1. The van der Waals surface area contributed by atoms with Gasteiger partial charge in [0.2, 0.25) is 0 Å². The highest BCUT2D eigenvalue weighted by Crippen LogP contribution is 2.19. The summed E-state index contributed by atoms with van der Waals surface area (Å²) in [7, 11) is 0. The fourth-order valence-electron chi connectivity index (χ4n) is 1.10. The van der Waals surface area contributed by atoms with Gasteiger partial charge >= 0.3 is 5.97 Å². The highest BCUT2D eigenvalue weighted by Gasteiger charge is 2.17. The topological polar surface area (TPSA) is 63.3 Å². The van der Waals surface area contributed by atoms with E-state index in [1.165, 1.54) is 0 Å². The minimum Gasteiger partial charge on any atom is -0.481 e. The first-order chi connectivity index (χ1) is 6.15. The van der Waals surface area contributed by atoms with Crippen molar-refractivity contribution in [3.8, 4) is 0 Å². The standard InChI is InChI=1S/C9H11NO2S/c10-7-3-1-2-6(4-7)8(5-13)9(11)12/h1-4,8,13H,5,10H2,(H,11,12)/t8-/m1/s1. The minimum atomic E-state index is -0.874. The van der Waals surface area contributed by atoms with Crippen LogP contribution >= 0.6 is 12.6 Å². The highest BCUT2D eigenvalue weighted by molar-refractivity contribution is 7.80. The molecule has 0 unspecified atom stereocenters. The zero-order valence-electron chi connectivity index (χ0n) is 6.97. The van der Waals surface area contributed by atoms with E-state index in [0.717, 1.165) is 0 Å². The van der Waals surface area contributed by atoms with E-state index in [1.807, 2.05) is 0 Å². The second-order valence-corrected chi connectivity index (χ2v) is 3.11. The van der Waals surface area contributed by atoms with Crippen molar-refractivity contribution in [1.82, 2.24) is 0 Å². The van der Waals surface area contributed by atoms with Crippen LogP contribution in [-0.2, 0) is 4.79 Å². The molecule has 0 saturated carbocycles. The third-order valence-electron chi connectivity index (χ3n) is 1.79. The molecule has 0 amide bonds. The Morgan fingerprint density at radius 1 is 1.62 bits per heavy atom. The van der Waals surface area contributed by atoms with Crippen molar-refractivity contribution in [2.24, 2.45) is 0 Å². The second kappa shape index (κ2) is 4.18. The number of thiol groups is 1. The monoisotopic (exact) mass is 197 g/mol. The van der Waals surface area contributed by atoms with Gasteiger partial charge in [-0.3, -0.25) is 4.79 Å². The number of nitrogen functional groups attached to an aromatic ring is 1. The molecule has 13 heavy (non-hydrogen) atoms. The highest BCUT2D eigenvalue weighted by atomic mass is 32.1. The molecule has 1 aromatic carbocycles. The first-order valence-corrected chi connectivity index (χ1v) is 4.47. The molecule has 0 aliphatic carbocycles. The molecule has 0 aliphatic rings. The minimum absolute atomic E-state index is 0.277. The summed E-state index contributed by atoms with van der Waals surface area (Å²) in [5.41, 5.74) is 6.80. The van der Waals surface area contributed by atoms with Crippen molar-refractivity contribution in [2.75, 3.05) is 11.5 Å². The third-order valence-corrected chi connectivity index (χ3v) is 2.16. The molecule has 1 atom stereocenters. The first kappa shape index (κ1) is 9.92. The van der Waals surface area contributed by atoms with Crippen LogP contribution in [-0.4, -0.2) is 16.8 Å². The average molecular weight is 197 g/mol. The van der Waals surface area contributed by atoms with E-state index < -0.39 is 11.9 Å². The Morgan fingerprint density at radius 3 is 2.77 bits per heavy atom. The Labute approximate surface area is 82.0 Å². The van der Waals surface area contributed by atoms with Crippen molar-refractivity contribution >= 4 is 24.3 Å². The lowest BCUT2D eigenvalue weighted by Gasteiger charge is -2.09. The van der Waals surface area contributed by atoms with Crippen molar-refractivity contribution < 1.29 is 9.90 Å². The number of carboxylic acid groups (broad SMARTS) is 1. The molecule has 0 aromatic heterocycles. The van der Waals surface area contributed by atoms with Gasteiger partial charge in [0.25, 0.3) is 0 Å². The van der Waals surface area contributed by atoms with Gasteiger partial charge in [0, 0.05) is 11.4 Å². The van der Waals surface area contributed by atoms with Crippen LogP contribution in [0.4, 0.5) is 5.69 Å². The normalized spacial score (nSPS) is 12.4. The van der Waals surface area contributed by atoms with Gasteiger partial charge in [-0.1, -0.05) is 12.1 Å². The number of hydrogen-bond donors (Lipinski definition) is 3. The van der Waals surface area contributed by atoms with Crippen LogP contribution in [0.2, 0.25) is 0 Å². The number of benzene rings is 1. The average Bonchev–Trinajstić information content (AvgIpc) is 2.04. The van der Waals surface area contributed by atoms with E-state index in [2.05, 4.69) is 12.6 Å². The van der Waals surface area contributed by atoms with Gasteiger partial charge in [-0.05, 0) is 17.7 Å². The summed E-state index contributed by atoms with van der Waals surface area (Å²) in [6, 6.07) is 6.87. The summed E-state index contributed by atoms with van der Waals surface area (Å²) in [6.07, 6.45) is 0. The molecule has 0 aliphatic heterocycles. The summed E-state index contributed by atoms with van der Waals surface area (Å²) >= 11 is 3.98. The van der Waals surface area contributed by atoms with Crippen LogP contribution < -0.4 is 5.73 Å². The lowest BCUT2D eigenvalue weighted by Crippen LogP contribution is -2.13. The predicted molar refractivity (Wildman–Crippen MR) is 55.1 cm³/mol. The molecule has 1 aromatic rings. The summed E-state index contributed by atoms with van der Waals surface area (Å²) in [4.78, 5) is 10.8. The third kappa shape index (κ3) is 2.39. The molecule has 3 N–H and O–H groups in total. The van der Waals surface area contributed by atoms with Crippen LogP contribution in [0.25, 0.3) is 0 Å². The van der Waals surface area contributed by atoms with Gasteiger partial charge < -0.3 is 10.8 Å². The molecule has 1 rings (SSSR count). The summed E-state index contributed by atoms with van der Waals surface area (Å²) in [6.45, 7) is 0. The Balaban J connectivity index is 2.98. The second-order valence-electron chi connectivity index (χ2n) is 2.74. The predicted octanol–water partition coefficient (Wildman–Crippen LogP) is 1.37. The summed E-state index contributed by atoms with van der Waals surface area (Å²) < 4.78 is 0. The van der Waals surface area contributed by atoms with Gasteiger partial charge in [0.1, 0.15) is 0 Å². The van der Waals surface area contributed by atoms with E-state index in [4.69, 9.17) is 10.8 Å². The number of aliphatic carboxylic acids is 1. The molecule has 0 bridgehead atoms. The lowest BCUT2D eigenvalue weighted by molar-refractivity contribution is -0.138. The number of carboxylic acids is 1. The zero-order chi connectivity index (χ0) is 9.84. The summed E-state index contributed by atoms with van der Waals surface area (Å²) in [5.74, 6) is -1.17. The van der Waals surface area contributed by atoms with Gasteiger partial charge in [-0.25, -0.2) is 0 Å². The van der Waals surface area contributed by atoms with Crippen molar-refractivity contribution in [3.63, 3.8) is 0 Å². The number of hydrogen-bond acceptors (Lipinski definition) is 3. The van der Waals surface area contributed by atoms with Gasteiger partial charge in [-0.2, -0.15) is 12.6 Å². The maximum atomic E-state index is 10.8. The van der Waals surface area contributed by atoms with Crippen LogP contribution in [0.15, 0.2) is 24.3 Å². The van der Waals surface area contributed by atoms with Crippen molar-refractivity contribution in [1.29, 1.82) is 0 Å². The Hall–Kier alpha value is -1.16. The quantitative estimate of drug-likeness (QED) is 0.506. The molecule has 0 saturated heterocycles. The zero-order valence-corrected chi connectivity index (χ0v) is 7.87. The fraction of sp³-hybridized carbons (Fsp3) is 0.222. The van der Waals surface area contributed by atoms with Gasteiger partial charge in [0.05, 0.1) is 5.92 Å². The number of anilines is 1. The smallest absolute Gasteiger partial charge is 0.311 e. The van der Waals surface area contributed by atoms with Gasteiger partial charge in [-0.15, -0.1) is 0 Å². The van der Waals surface area contributed by atoms with Crippen LogP contribution in [0.1, 0.15) is 11.5 Å². The van der Waals surface area contributed by atoms with E-state index in [0.29, 0.717) is 11.3 Å². The molecule has 0 fully saturated rings. The van der Waals surface area contributed by atoms with E-state index in [9.17, 15) is 4.79 Å². The fourth-order valence-corrected chi connectivity index (χ4v) is 1.47. The molecule has 0 spiro atoms. The Kier molecular flexibility index (Phi) is 3.19. The van der Waals surface area contributed by atoms with Crippen molar-refractivity contribution in [2.45, 2.75) is 5.92 Å². The lowest BCUT2D eigenvalue weighted by atomic mass is 10.0. The molecular weight excluding hydrogens is 186 g/mol. The number of carbonyl (C=O) groups is 1. The maximum Gasteiger partial charge on any atom is 0.311 e. The summed E-state index contributed by atoms with van der Waals surface area (Å²) in [5, 5.41) is 8.83. The van der Waals surface area contributed by atoms with Crippen molar-refractivity contribution in [3.05, 3.63) is 29.8 Å². The van der Waals surface area contributed by atoms with Crippen LogP contribution in [0.5, 0.6) is 0 Å². The van der Waals surface area contributed by atoms with Crippen LogP contribution in [0.3, 0.4) is 0 Å². The van der Waals surface area contributed by atoms with Gasteiger partial charge in [0.15, 0.2) is 0 Å². The van der Waals surface area contributed by atoms with E-state index in [1.54, 1.807) is 24.3 Å². The van der Waals surface area contributed by atoms with E-state index in [-0.39, 0.29) is 5.75 Å².